The summed E-state index contributed by atoms with van der Waals surface area (Å²) in [5, 5.41) is 6.66. The molecule has 1 unspecified atom stereocenters. The van der Waals surface area contributed by atoms with Crippen LogP contribution in [0, 0.1) is 18.6 Å². The molecule has 2 heterocycles. The second kappa shape index (κ2) is 12.1. The largest absolute Gasteiger partial charge is 0.365 e. The van der Waals surface area contributed by atoms with E-state index < -0.39 is 11.6 Å². The number of benzene rings is 1. The third-order valence-corrected chi connectivity index (χ3v) is 5.13. The Morgan fingerprint density at radius 2 is 2.03 bits per heavy atom. The second-order valence-electron chi connectivity index (χ2n) is 7.28. The van der Waals surface area contributed by atoms with Crippen LogP contribution in [0.25, 0.3) is 0 Å². The first-order valence-electron chi connectivity index (χ1n) is 10.3. The molecule has 1 aromatic carbocycles. The van der Waals surface area contributed by atoms with Crippen molar-refractivity contribution in [1.29, 1.82) is 0 Å². The molecule has 0 amide bonds. The van der Waals surface area contributed by atoms with E-state index in [1.807, 2.05) is 26.2 Å². The van der Waals surface area contributed by atoms with Gasteiger partial charge in [-0.1, -0.05) is 6.07 Å². The van der Waals surface area contributed by atoms with Gasteiger partial charge in [0.15, 0.2) is 5.96 Å². The van der Waals surface area contributed by atoms with E-state index in [1.165, 1.54) is 18.2 Å². The summed E-state index contributed by atoms with van der Waals surface area (Å²) >= 11 is 0. The van der Waals surface area contributed by atoms with Crippen LogP contribution < -0.4 is 15.5 Å². The lowest BCUT2D eigenvalue weighted by Gasteiger charge is -2.21. The lowest BCUT2D eigenvalue weighted by molar-refractivity contribution is 0.575. The molecule has 9 heteroatoms. The Hall–Kier alpha value is -1.91. The highest BCUT2D eigenvalue weighted by Gasteiger charge is 2.27. The van der Waals surface area contributed by atoms with Crippen LogP contribution in [0.4, 0.5) is 14.5 Å². The van der Waals surface area contributed by atoms with Gasteiger partial charge in [-0.25, -0.2) is 13.8 Å². The summed E-state index contributed by atoms with van der Waals surface area (Å²) < 4.78 is 30.2. The summed E-state index contributed by atoms with van der Waals surface area (Å²) in [6, 6.07) is 4.09. The molecule has 1 aliphatic rings. The number of para-hydroxylation sites is 1. The molecule has 2 aromatic rings. The fourth-order valence-corrected chi connectivity index (χ4v) is 3.61. The van der Waals surface area contributed by atoms with E-state index in [9.17, 15) is 8.78 Å². The molecule has 1 atom stereocenters. The van der Waals surface area contributed by atoms with Gasteiger partial charge in [0.05, 0.1) is 0 Å². The van der Waals surface area contributed by atoms with Crippen LogP contribution in [-0.2, 0) is 6.54 Å². The van der Waals surface area contributed by atoms with Crippen molar-refractivity contribution in [3.8, 4) is 0 Å². The molecule has 1 fully saturated rings. The number of nitrogens with zero attached hydrogens (tertiary/aromatic N) is 4. The second-order valence-corrected chi connectivity index (χ2v) is 7.28. The van der Waals surface area contributed by atoms with Gasteiger partial charge in [0.2, 0.25) is 0 Å². The Bertz CT molecular complexity index is 805. The smallest absolute Gasteiger partial charge is 0.191 e. The van der Waals surface area contributed by atoms with Gasteiger partial charge >= 0.3 is 0 Å². The minimum atomic E-state index is -0.514. The van der Waals surface area contributed by atoms with E-state index in [4.69, 9.17) is 0 Å². The predicted octanol–water partition coefficient (Wildman–Crippen LogP) is 3.70. The Morgan fingerprint density at radius 3 is 2.70 bits per heavy atom. The van der Waals surface area contributed by atoms with Gasteiger partial charge in [-0.2, -0.15) is 0 Å². The van der Waals surface area contributed by atoms with Gasteiger partial charge < -0.3 is 20.1 Å². The summed E-state index contributed by atoms with van der Waals surface area (Å²) in [6.07, 6.45) is 6.63. The maximum absolute atomic E-state index is 14.0. The highest BCUT2D eigenvalue weighted by Crippen LogP contribution is 2.26. The lowest BCUT2D eigenvalue weighted by atomic mass is 10.2. The third-order valence-electron chi connectivity index (χ3n) is 5.13. The quantitative estimate of drug-likeness (QED) is 0.236. The minimum absolute atomic E-state index is 0. The van der Waals surface area contributed by atoms with Crippen molar-refractivity contribution in [2.45, 2.75) is 45.7 Å². The van der Waals surface area contributed by atoms with E-state index in [0.29, 0.717) is 13.1 Å². The van der Waals surface area contributed by atoms with Crippen molar-refractivity contribution in [2.75, 3.05) is 31.1 Å². The fraction of sp³-hybridized carbons (Fsp3) is 0.524. The van der Waals surface area contributed by atoms with Crippen LogP contribution in [-0.4, -0.2) is 47.7 Å². The standard InChI is InChI=1S/C21H30F2N6.HI/c1-3-24-21(26-10-4-5-12-28-14-11-25-16(28)2)27-17-9-13-29(15-17)20-18(22)7-6-8-19(20)23;/h6-8,11,14,17H,3-5,9-10,12-13,15H2,1-2H3,(H2,24,26,27);1H. The zero-order valence-corrected chi connectivity index (χ0v) is 19.9. The summed E-state index contributed by atoms with van der Waals surface area (Å²) in [4.78, 5) is 10.6. The molecule has 2 N–H and O–H groups in total. The first kappa shape index (κ1) is 24.4. The molecule has 0 saturated carbocycles. The maximum atomic E-state index is 14.0. The minimum Gasteiger partial charge on any atom is -0.365 e. The van der Waals surface area contributed by atoms with Crippen LogP contribution in [0.1, 0.15) is 32.0 Å². The topological polar surface area (TPSA) is 57.5 Å². The number of anilines is 1. The van der Waals surface area contributed by atoms with Crippen molar-refractivity contribution in [1.82, 2.24) is 20.2 Å². The monoisotopic (exact) mass is 532 g/mol. The molecule has 0 bridgehead atoms. The Balaban J connectivity index is 0.00000320. The average molecular weight is 532 g/mol. The van der Waals surface area contributed by atoms with Crippen LogP contribution in [0.2, 0.25) is 0 Å². The predicted molar refractivity (Wildman–Crippen MR) is 128 cm³/mol. The van der Waals surface area contributed by atoms with E-state index in [1.54, 1.807) is 4.90 Å². The van der Waals surface area contributed by atoms with Crippen molar-refractivity contribution in [3.05, 3.63) is 48.1 Å². The van der Waals surface area contributed by atoms with E-state index in [2.05, 4.69) is 25.2 Å². The molecule has 0 aliphatic carbocycles. The molecule has 6 nitrogen and oxygen atoms in total. The van der Waals surface area contributed by atoms with Crippen LogP contribution in [0.3, 0.4) is 0 Å². The molecule has 3 rings (SSSR count). The number of aromatic nitrogens is 2. The number of unbranched alkanes of at least 4 members (excludes halogenated alkanes) is 1. The fourth-order valence-electron chi connectivity index (χ4n) is 3.61. The number of aliphatic imine (C=N–C) groups is 1. The number of aryl methyl sites for hydroxylation is 2. The first-order chi connectivity index (χ1) is 14.1. The molecule has 0 radical (unpaired) electrons. The zero-order valence-electron chi connectivity index (χ0n) is 17.6. The zero-order chi connectivity index (χ0) is 20.6. The Morgan fingerprint density at radius 1 is 1.27 bits per heavy atom. The Labute approximate surface area is 194 Å². The molecule has 0 spiro atoms. The van der Waals surface area contributed by atoms with Crippen LogP contribution >= 0.6 is 24.0 Å². The Kier molecular flexibility index (Phi) is 9.80. The van der Waals surface area contributed by atoms with Crippen molar-refractivity contribution < 1.29 is 8.78 Å². The van der Waals surface area contributed by atoms with Crippen molar-refractivity contribution >= 4 is 35.6 Å². The van der Waals surface area contributed by atoms with E-state index in [0.717, 1.165) is 50.7 Å². The summed E-state index contributed by atoms with van der Waals surface area (Å²) in [5.74, 6) is 0.756. The number of guanidine groups is 1. The van der Waals surface area contributed by atoms with Crippen LogP contribution in [0.15, 0.2) is 35.6 Å². The SMILES string of the molecule is CCNC(=NCCCCn1ccnc1C)NC1CCN(c2c(F)cccc2F)C1.I. The number of hydrogen-bond acceptors (Lipinski definition) is 3. The van der Waals surface area contributed by atoms with Crippen LogP contribution in [0.5, 0.6) is 0 Å². The summed E-state index contributed by atoms with van der Waals surface area (Å²) in [7, 11) is 0. The van der Waals surface area contributed by atoms with E-state index in [-0.39, 0.29) is 35.7 Å². The molecule has 30 heavy (non-hydrogen) atoms. The highest BCUT2D eigenvalue weighted by molar-refractivity contribution is 14.0. The van der Waals surface area contributed by atoms with Gasteiger partial charge in [-0.15, -0.1) is 24.0 Å². The maximum Gasteiger partial charge on any atom is 0.191 e. The normalized spacial score (nSPS) is 16.5. The first-order valence-corrected chi connectivity index (χ1v) is 10.3. The summed E-state index contributed by atoms with van der Waals surface area (Å²) in [5.41, 5.74) is 0.0635. The third kappa shape index (κ3) is 6.55. The number of rotatable bonds is 8. The average Bonchev–Trinajstić information content (AvgIpc) is 3.31. The number of halogens is 3. The van der Waals surface area contributed by atoms with Crippen molar-refractivity contribution in [2.24, 2.45) is 4.99 Å². The molecule has 1 saturated heterocycles. The van der Waals surface area contributed by atoms with Crippen molar-refractivity contribution in [3.63, 3.8) is 0 Å². The molecular formula is C21H31F2IN6. The van der Waals surface area contributed by atoms with Gasteiger partial charge in [-0.3, -0.25) is 4.99 Å². The van der Waals surface area contributed by atoms with E-state index >= 15 is 0 Å². The number of nitrogens with one attached hydrogen (secondary N) is 2. The number of imidazole rings is 1. The molecule has 1 aromatic heterocycles. The molecular weight excluding hydrogens is 501 g/mol. The van der Waals surface area contributed by atoms with Gasteiger partial charge in [0, 0.05) is 51.2 Å². The molecule has 166 valence electrons. The van der Waals surface area contributed by atoms with Gasteiger partial charge in [0.1, 0.15) is 23.1 Å². The summed E-state index contributed by atoms with van der Waals surface area (Å²) in [6.45, 7) is 7.61. The number of hydrogen-bond donors (Lipinski definition) is 2. The van der Waals surface area contributed by atoms with Gasteiger partial charge in [0.25, 0.3) is 0 Å². The highest BCUT2D eigenvalue weighted by atomic mass is 127. The van der Waals surface area contributed by atoms with Gasteiger partial charge in [-0.05, 0) is 45.2 Å². The molecule has 1 aliphatic heterocycles. The lowest BCUT2D eigenvalue weighted by Crippen LogP contribution is -2.44.